The van der Waals surface area contributed by atoms with Crippen LogP contribution in [0.15, 0.2) is 48.5 Å². The summed E-state index contributed by atoms with van der Waals surface area (Å²) in [7, 11) is 0. The van der Waals surface area contributed by atoms with E-state index in [0.717, 1.165) is 16.7 Å². The maximum absolute atomic E-state index is 12.8. The van der Waals surface area contributed by atoms with Crippen LogP contribution in [0.3, 0.4) is 0 Å². The third-order valence-corrected chi connectivity index (χ3v) is 4.29. The number of carbonyl (C=O) groups excluding carboxylic acids is 1. The molecule has 0 radical (unpaired) electrons. The molecule has 0 aromatic heterocycles. The first kappa shape index (κ1) is 18.2. The average Bonchev–Trinajstić information content (AvgIpc) is 2.65. The molecule has 2 rings (SSSR count). The lowest BCUT2D eigenvalue weighted by molar-refractivity contribution is -0.134. The van der Waals surface area contributed by atoms with E-state index < -0.39 is 5.92 Å². The highest BCUT2D eigenvalue weighted by Crippen LogP contribution is 2.16. The van der Waals surface area contributed by atoms with Crippen LogP contribution in [-0.4, -0.2) is 17.4 Å². The normalized spacial score (nSPS) is 11.2. The van der Waals surface area contributed by atoms with Gasteiger partial charge in [-0.05, 0) is 49.1 Å². The van der Waals surface area contributed by atoms with Crippen LogP contribution in [0.4, 0.5) is 0 Å². The summed E-state index contributed by atoms with van der Waals surface area (Å²) >= 11 is 0. The maximum atomic E-state index is 12.8. The summed E-state index contributed by atoms with van der Waals surface area (Å²) in [6, 6.07) is 19.2. The molecule has 0 N–H and O–H groups in total. The van der Waals surface area contributed by atoms with E-state index in [9.17, 15) is 10.1 Å². The van der Waals surface area contributed by atoms with Crippen LogP contribution in [0.5, 0.6) is 0 Å². The van der Waals surface area contributed by atoms with Gasteiger partial charge in [0, 0.05) is 13.1 Å². The number of rotatable bonds is 6. The molecule has 0 saturated carbocycles. The molecule has 126 valence electrons. The van der Waals surface area contributed by atoms with Crippen molar-refractivity contribution in [1.82, 2.24) is 4.90 Å². The third kappa shape index (κ3) is 4.68. The Labute approximate surface area is 148 Å². The van der Waals surface area contributed by atoms with Crippen molar-refractivity contribution >= 4 is 5.91 Å². The molecule has 25 heavy (non-hydrogen) atoms. The number of carbonyl (C=O) groups is 1. The van der Waals surface area contributed by atoms with Crippen molar-refractivity contribution in [3.63, 3.8) is 0 Å². The highest BCUT2D eigenvalue weighted by Gasteiger charge is 2.24. The molecule has 0 aliphatic rings. The van der Waals surface area contributed by atoms with Crippen molar-refractivity contribution in [2.45, 2.75) is 26.8 Å². The van der Waals surface area contributed by atoms with E-state index in [1.165, 1.54) is 0 Å². The van der Waals surface area contributed by atoms with Crippen LogP contribution in [0.25, 0.3) is 0 Å². The van der Waals surface area contributed by atoms with Gasteiger partial charge >= 0.3 is 0 Å². The fourth-order valence-corrected chi connectivity index (χ4v) is 2.70. The van der Waals surface area contributed by atoms with Crippen molar-refractivity contribution in [3.05, 3.63) is 70.8 Å². The smallest absolute Gasteiger partial charge is 0.240 e. The molecule has 0 aliphatic carbocycles. The van der Waals surface area contributed by atoms with Gasteiger partial charge in [-0.1, -0.05) is 36.4 Å². The molecule has 1 amide bonds. The summed E-state index contributed by atoms with van der Waals surface area (Å²) in [6.07, 6.45) is 0.352. The van der Waals surface area contributed by atoms with Gasteiger partial charge in [-0.3, -0.25) is 4.79 Å². The number of nitrogens with zero attached hydrogens (tertiary/aromatic N) is 3. The van der Waals surface area contributed by atoms with Gasteiger partial charge in [-0.25, -0.2) is 0 Å². The molecule has 4 nitrogen and oxygen atoms in total. The number of benzene rings is 2. The molecule has 4 heteroatoms. The summed E-state index contributed by atoms with van der Waals surface area (Å²) in [5.74, 6) is -0.880. The van der Waals surface area contributed by atoms with Gasteiger partial charge in [0.05, 0.1) is 17.7 Å². The number of hydrogen-bond acceptors (Lipinski definition) is 3. The highest BCUT2D eigenvalue weighted by molar-refractivity contribution is 5.81. The Morgan fingerprint density at radius 3 is 2.36 bits per heavy atom. The molecule has 0 fully saturated rings. The van der Waals surface area contributed by atoms with E-state index in [2.05, 4.69) is 12.1 Å². The summed E-state index contributed by atoms with van der Waals surface area (Å²) < 4.78 is 0. The van der Waals surface area contributed by atoms with Crippen LogP contribution in [0.2, 0.25) is 0 Å². The molecule has 1 unspecified atom stereocenters. The molecular formula is C21H21N3O. The second-order valence-electron chi connectivity index (χ2n) is 5.97. The predicted octanol–water partition coefficient (Wildman–Crippen LogP) is 3.60. The van der Waals surface area contributed by atoms with E-state index in [1.54, 1.807) is 29.2 Å². The zero-order valence-electron chi connectivity index (χ0n) is 14.6. The zero-order chi connectivity index (χ0) is 18.2. The molecule has 1 atom stereocenters. The standard InChI is InChI=1S/C21H21N3O/c1-3-24(15-19-7-5-4-6-16(19)2)21(25)20(14-23)12-17-8-10-18(13-22)11-9-17/h4-11,20H,3,12,15H2,1-2H3. The van der Waals surface area contributed by atoms with Crippen LogP contribution >= 0.6 is 0 Å². The topological polar surface area (TPSA) is 67.9 Å². The Kier molecular flexibility index (Phi) is 6.32. The summed E-state index contributed by atoms with van der Waals surface area (Å²) in [6.45, 7) is 5.00. The van der Waals surface area contributed by atoms with E-state index in [-0.39, 0.29) is 5.91 Å². The quantitative estimate of drug-likeness (QED) is 0.812. The number of nitriles is 2. The van der Waals surface area contributed by atoms with Crippen LogP contribution < -0.4 is 0 Å². The number of aryl methyl sites for hydroxylation is 1. The molecule has 0 heterocycles. The fourth-order valence-electron chi connectivity index (χ4n) is 2.70. The lowest BCUT2D eigenvalue weighted by atomic mass is 9.98. The Bertz CT molecular complexity index is 812. The molecule has 0 saturated heterocycles. The SMILES string of the molecule is CCN(Cc1ccccc1C)C(=O)C(C#N)Cc1ccc(C#N)cc1. The Morgan fingerprint density at radius 1 is 1.12 bits per heavy atom. The van der Waals surface area contributed by atoms with Gasteiger partial charge in [0.2, 0.25) is 5.91 Å². The first-order chi connectivity index (χ1) is 12.1. The van der Waals surface area contributed by atoms with Gasteiger partial charge in [0.15, 0.2) is 0 Å². The fraction of sp³-hybridized carbons (Fsp3) is 0.286. The number of amides is 1. The van der Waals surface area contributed by atoms with E-state index >= 15 is 0 Å². The lowest BCUT2D eigenvalue weighted by Crippen LogP contribution is -2.36. The molecule has 0 bridgehead atoms. The first-order valence-electron chi connectivity index (χ1n) is 8.31. The minimum absolute atomic E-state index is 0.155. The average molecular weight is 331 g/mol. The molecule has 2 aromatic rings. The van der Waals surface area contributed by atoms with E-state index in [1.807, 2.05) is 38.1 Å². The Hall–Kier alpha value is -3.11. The Balaban J connectivity index is 2.12. The minimum Gasteiger partial charge on any atom is -0.337 e. The first-order valence-corrected chi connectivity index (χ1v) is 8.31. The second-order valence-corrected chi connectivity index (χ2v) is 5.97. The number of hydrogen-bond donors (Lipinski definition) is 0. The minimum atomic E-state index is -0.725. The van der Waals surface area contributed by atoms with Gasteiger partial charge in [-0.15, -0.1) is 0 Å². The van der Waals surface area contributed by atoms with Crippen molar-refractivity contribution in [1.29, 1.82) is 10.5 Å². The van der Waals surface area contributed by atoms with E-state index in [4.69, 9.17) is 5.26 Å². The van der Waals surface area contributed by atoms with Gasteiger partial charge < -0.3 is 4.90 Å². The largest absolute Gasteiger partial charge is 0.337 e. The van der Waals surface area contributed by atoms with Crippen LogP contribution in [0.1, 0.15) is 29.2 Å². The monoisotopic (exact) mass is 331 g/mol. The van der Waals surface area contributed by atoms with Gasteiger partial charge in [0.1, 0.15) is 5.92 Å². The molecule has 0 aliphatic heterocycles. The summed E-state index contributed by atoms with van der Waals surface area (Å²) in [4.78, 5) is 14.5. The second kappa shape index (κ2) is 8.66. The molecular weight excluding hydrogens is 310 g/mol. The Morgan fingerprint density at radius 2 is 1.80 bits per heavy atom. The van der Waals surface area contributed by atoms with Crippen LogP contribution in [-0.2, 0) is 17.8 Å². The van der Waals surface area contributed by atoms with E-state index in [0.29, 0.717) is 25.1 Å². The highest BCUT2D eigenvalue weighted by atomic mass is 16.2. The van der Waals surface area contributed by atoms with Crippen LogP contribution in [0, 0.1) is 35.5 Å². The summed E-state index contributed by atoms with van der Waals surface area (Å²) in [5.41, 5.74) is 3.67. The lowest BCUT2D eigenvalue weighted by Gasteiger charge is -2.24. The van der Waals surface area contributed by atoms with Crippen molar-refractivity contribution in [3.8, 4) is 12.1 Å². The maximum Gasteiger partial charge on any atom is 0.240 e. The summed E-state index contributed by atoms with van der Waals surface area (Å²) in [5, 5.41) is 18.3. The zero-order valence-corrected chi connectivity index (χ0v) is 14.6. The van der Waals surface area contributed by atoms with Crippen molar-refractivity contribution in [2.75, 3.05) is 6.54 Å². The predicted molar refractivity (Wildman–Crippen MR) is 96.2 cm³/mol. The van der Waals surface area contributed by atoms with Gasteiger partial charge in [-0.2, -0.15) is 10.5 Å². The van der Waals surface area contributed by atoms with Crippen molar-refractivity contribution in [2.24, 2.45) is 5.92 Å². The molecule has 2 aromatic carbocycles. The van der Waals surface area contributed by atoms with Gasteiger partial charge in [0.25, 0.3) is 0 Å². The van der Waals surface area contributed by atoms with Crippen molar-refractivity contribution < 1.29 is 4.79 Å². The third-order valence-electron chi connectivity index (χ3n) is 4.29. The molecule has 0 spiro atoms.